The average Bonchev–Trinajstić information content (AvgIpc) is 3.25. The SMILES string of the molecule is CCC(C)=O.CCC(C)N1CCC(S(N)(=O)=O)C1.NS(=O)(=O)C1CCNC1. The minimum Gasteiger partial charge on any atom is -0.315 e. The molecule has 0 aliphatic carbocycles. The van der Waals surface area contributed by atoms with E-state index in [9.17, 15) is 21.6 Å². The van der Waals surface area contributed by atoms with Gasteiger partial charge in [0.05, 0.1) is 10.5 Å². The maximum atomic E-state index is 11.0. The Labute approximate surface area is 164 Å². The second kappa shape index (κ2) is 12.1. The van der Waals surface area contributed by atoms with Gasteiger partial charge in [0.1, 0.15) is 5.78 Å². The standard InChI is InChI=1S/C8H18N2O2S.C4H10N2O2S.C4H8O/c1-3-7(2)10-5-4-8(6-10)13(9,11)12;5-9(7,8)4-1-2-6-3-4;1-3-4(2)5/h7-8H,3-6H2,1-2H3,(H2,9,11,12);4,6H,1-3H2,(H2,5,7,8);3H2,1-2H3. The van der Waals surface area contributed by atoms with Crippen LogP contribution in [-0.2, 0) is 24.8 Å². The van der Waals surface area contributed by atoms with E-state index >= 15 is 0 Å². The molecule has 9 nitrogen and oxygen atoms in total. The molecule has 2 fully saturated rings. The molecule has 3 unspecified atom stereocenters. The highest BCUT2D eigenvalue weighted by Crippen LogP contribution is 2.18. The highest BCUT2D eigenvalue weighted by atomic mass is 32.2. The molecular formula is C16H36N4O5S2. The fraction of sp³-hybridized carbons (Fsp3) is 0.938. The van der Waals surface area contributed by atoms with E-state index in [2.05, 4.69) is 24.1 Å². The van der Waals surface area contributed by atoms with Crippen LogP contribution in [0.5, 0.6) is 0 Å². The number of hydrogen-bond donors (Lipinski definition) is 3. The third-order valence-electron chi connectivity index (χ3n) is 4.83. The molecule has 2 aliphatic rings. The topological polar surface area (TPSA) is 153 Å². The normalized spacial score (nSPS) is 24.4. The minimum atomic E-state index is -3.32. The first kappa shape index (κ1) is 26.4. The number of likely N-dealkylation sites (tertiary alicyclic amines) is 1. The van der Waals surface area contributed by atoms with E-state index < -0.39 is 20.0 Å². The highest BCUT2D eigenvalue weighted by molar-refractivity contribution is 7.90. The first-order valence-corrected chi connectivity index (χ1v) is 12.5. The first-order chi connectivity index (χ1) is 12.3. The summed E-state index contributed by atoms with van der Waals surface area (Å²) >= 11 is 0. The van der Waals surface area contributed by atoms with Crippen molar-refractivity contribution in [2.24, 2.45) is 10.3 Å². The van der Waals surface area contributed by atoms with Crippen LogP contribution in [0.4, 0.5) is 0 Å². The van der Waals surface area contributed by atoms with Crippen molar-refractivity contribution in [3.63, 3.8) is 0 Å². The second-order valence-electron chi connectivity index (χ2n) is 7.01. The van der Waals surface area contributed by atoms with E-state index in [4.69, 9.17) is 10.3 Å². The van der Waals surface area contributed by atoms with Crippen molar-refractivity contribution in [1.29, 1.82) is 0 Å². The highest BCUT2D eigenvalue weighted by Gasteiger charge is 2.32. The molecule has 2 rings (SSSR count). The smallest absolute Gasteiger partial charge is 0.213 e. The lowest BCUT2D eigenvalue weighted by molar-refractivity contribution is -0.116. The van der Waals surface area contributed by atoms with Gasteiger partial charge in [-0.2, -0.15) is 0 Å². The number of carbonyl (C=O) groups is 1. The lowest BCUT2D eigenvalue weighted by Crippen LogP contribution is -2.35. The molecule has 0 aromatic carbocycles. The number of sulfonamides is 2. The van der Waals surface area contributed by atoms with Crippen LogP contribution in [0.15, 0.2) is 0 Å². The van der Waals surface area contributed by atoms with Gasteiger partial charge in [-0.3, -0.25) is 4.90 Å². The number of nitrogens with one attached hydrogen (secondary N) is 1. The lowest BCUT2D eigenvalue weighted by Gasteiger charge is -2.22. The van der Waals surface area contributed by atoms with Crippen molar-refractivity contribution < 1.29 is 21.6 Å². The number of nitrogens with two attached hydrogens (primary N) is 2. The Morgan fingerprint density at radius 2 is 1.63 bits per heavy atom. The summed E-state index contributed by atoms with van der Waals surface area (Å²) in [6, 6.07) is 0.465. The molecule has 2 saturated heterocycles. The van der Waals surface area contributed by atoms with Crippen LogP contribution in [0.3, 0.4) is 0 Å². The molecule has 3 atom stereocenters. The second-order valence-corrected chi connectivity index (χ2v) is 10.7. The van der Waals surface area contributed by atoms with Gasteiger partial charge >= 0.3 is 0 Å². The molecule has 5 N–H and O–H groups in total. The zero-order valence-electron chi connectivity index (χ0n) is 16.8. The summed E-state index contributed by atoms with van der Waals surface area (Å²) in [4.78, 5) is 12.0. The van der Waals surface area contributed by atoms with Crippen molar-refractivity contribution >= 4 is 25.8 Å². The van der Waals surface area contributed by atoms with E-state index in [-0.39, 0.29) is 16.3 Å². The number of hydrogen-bond acceptors (Lipinski definition) is 7. The maximum absolute atomic E-state index is 11.0. The molecule has 0 aromatic rings. The van der Waals surface area contributed by atoms with E-state index in [1.54, 1.807) is 6.92 Å². The fourth-order valence-electron chi connectivity index (χ4n) is 2.59. The van der Waals surface area contributed by atoms with Crippen molar-refractivity contribution in [1.82, 2.24) is 10.2 Å². The molecular weight excluding hydrogens is 392 g/mol. The van der Waals surface area contributed by atoms with E-state index in [0.29, 0.717) is 38.4 Å². The molecule has 2 aliphatic heterocycles. The van der Waals surface area contributed by atoms with E-state index in [1.165, 1.54) is 0 Å². The summed E-state index contributed by atoms with van der Waals surface area (Å²) in [6.45, 7) is 10.4. The largest absolute Gasteiger partial charge is 0.315 e. The minimum absolute atomic E-state index is 0.255. The van der Waals surface area contributed by atoms with E-state index in [1.807, 2.05) is 6.92 Å². The van der Waals surface area contributed by atoms with Gasteiger partial charge in [-0.1, -0.05) is 13.8 Å². The predicted octanol–water partition coefficient (Wildman–Crippen LogP) is -0.230. The molecule has 0 amide bonds. The summed E-state index contributed by atoms with van der Waals surface area (Å²) in [6.07, 6.45) is 3.05. The van der Waals surface area contributed by atoms with Crippen molar-refractivity contribution in [3.05, 3.63) is 0 Å². The third-order valence-corrected chi connectivity index (χ3v) is 7.48. The molecule has 0 radical (unpaired) electrons. The Balaban J connectivity index is 0.000000419. The molecule has 162 valence electrons. The van der Waals surface area contributed by atoms with Crippen molar-refractivity contribution in [3.8, 4) is 0 Å². The number of ketones is 1. The van der Waals surface area contributed by atoms with Crippen LogP contribution in [0.25, 0.3) is 0 Å². The van der Waals surface area contributed by atoms with Gasteiger partial charge in [0.15, 0.2) is 0 Å². The summed E-state index contributed by atoms with van der Waals surface area (Å²) in [5, 5.41) is 12.2. The Kier molecular flexibility index (Phi) is 11.8. The van der Waals surface area contributed by atoms with Gasteiger partial charge in [-0.15, -0.1) is 0 Å². The first-order valence-electron chi connectivity index (χ1n) is 9.30. The molecule has 0 bridgehead atoms. The van der Waals surface area contributed by atoms with Crippen LogP contribution in [0.1, 0.15) is 53.4 Å². The van der Waals surface area contributed by atoms with Crippen LogP contribution in [0.2, 0.25) is 0 Å². The Morgan fingerprint density at radius 3 is 1.89 bits per heavy atom. The average molecular weight is 429 g/mol. The number of rotatable bonds is 5. The van der Waals surface area contributed by atoms with Gasteiger partial charge in [0.2, 0.25) is 20.0 Å². The summed E-state index contributed by atoms with van der Waals surface area (Å²) in [5.41, 5.74) is 0. The van der Waals surface area contributed by atoms with E-state index in [0.717, 1.165) is 19.5 Å². The predicted molar refractivity (Wildman–Crippen MR) is 108 cm³/mol. The van der Waals surface area contributed by atoms with Crippen LogP contribution >= 0.6 is 0 Å². The number of carbonyl (C=O) groups excluding carboxylic acids is 1. The Bertz CT molecular complexity index is 646. The number of Topliss-reactive ketones (excluding diaryl/α,β-unsaturated/α-hetero) is 1. The zero-order valence-corrected chi connectivity index (χ0v) is 18.5. The fourth-order valence-corrected chi connectivity index (χ4v) is 4.22. The molecule has 2 heterocycles. The Hall–Kier alpha value is -0.590. The monoisotopic (exact) mass is 428 g/mol. The zero-order chi connectivity index (χ0) is 21.3. The Morgan fingerprint density at radius 1 is 1.11 bits per heavy atom. The van der Waals surface area contributed by atoms with Crippen LogP contribution in [0, 0.1) is 0 Å². The van der Waals surface area contributed by atoms with Gasteiger partial charge in [-0.25, -0.2) is 27.1 Å². The van der Waals surface area contributed by atoms with Crippen molar-refractivity contribution in [2.75, 3.05) is 26.2 Å². The van der Waals surface area contributed by atoms with Crippen LogP contribution < -0.4 is 15.6 Å². The van der Waals surface area contributed by atoms with Gasteiger partial charge < -0.3 is 10.1 Å². The lowest BCUT2D eigenvalue weighted by atomic mass is 10.2. The van der Waals surface area contributed by atoms with Crippen LogP contribution in [-0.4, -0.2) is 70.2 Å². The number of nitrogens with zero attached hydrogens (tertiary/aromatic N) is 1. The maximum Gasteiger partial charge on any atom is 0.213 e. The molecule has 27 heavy (non-hydrogen) atoms. The molecule has 0 spiro atoms. The molecule has 11 heteroatoms. The molecule has 0 aromatic heterocycles. The summed E-state index contributed by atoms with van der Waals surface area (Å²) in [7, 11) is -6.58. The summed E-state index contributed by atoms with van der Waals surface area (Å²) < 4.78 is 43.2. The van der Waals surface area contributed by atoms with Gasteiger partial charge in [-0.05, 0) is 46.2 Å². The number of primary sulfonamides is 2. The summed E-state index contributed by atoms with van der Waals surface area (Å²) in [5.74, 6) is 0.255. The van der Waals surface area contributed by atoms with Gasteiger partial charge in [0, 0.05) is 25.6 Å². The van der Waals surface area contributed by atoms with Gasteiger partial charge in [0.25, 0.3) is 0 Å². The quantitative estimate of drug-likeness (QED) is 0.546. The third kappa shape index (κ3) is 11.1. The van der Waals surface area contributed by atoms with Crippen molar-refractivity contribution in [2.45, 2.75) is 69.9 Å². The molecule has 0 saturated carbocycles.